The average molecular weight is 412 g/mol. The van der Waals surface area contributed by atoms with Crippen LogP contribution in [0.2, 0.25) is 0 Å². The van der Waals surface area contributed by atoms with E-state index in [0.29, 0.717) is 18.3 Å². The van der Waals surface area contributed by atoms with Gasteiger partial charge in [0.15, 0.2) is 16.6 Å². The molecular weight excluding hydrogens is 382 g/mol. The number of aromatic amines is 1. The lowest BCUT2D eigenvalue weighted by Gasteiger charge is -2.21. The van der Waals surface area contributed by atoms with Gasteiger partial charge in [-0.2, -0.15) is 0 Å². The Morgan fingerprint density at radius 2 is 1.93 bits per heavy atom. The fourth-order valence-electron chi connectivity index (χ4n) is 3.46. The molecule has 3 aromatic rings. The Morgan fingerprint density at radius 1 is 1.10 bits per heavy atom. The zero-order chi connectivity index (χ0) is 20.6. The standard InChI is InChI=1S/C23H29N3O2S/c1-4-12-24-23(29)26-14-18(19-15-25-20-9-7-6-8-17(19)20)16-10-11-21(28-5-2)22(13-16)27-3/h6-11,13,15,18,25H,4-5,12,14H2,1-3H3,(H2,24,26,29)/t18-/m0/s1. The van der Waals surface area contributed by atoms with Gasteiger partial charge in [-0.15, -0.1) is 0 Å². The first-order valence-electron chi connectivity index (χ1n) is 10.1. The largest absolute Gasteiger partial charge is 0.493 e. The smallest absolute Gasteiger partial charge is 0.166 e. The molecule has 3 N–H and O–H groups in total. The van der Waals surface area contributed by atoms with Crippen molar-refractivity contribution in [1.29, 1.82) is 0 Å². The molecule has 1 aromatic heterocycles. The van der Waals surface area contributed by atoms with Crippen molar-refractivity contribution in [2.45, 2.75) is 26.2 Å². The SMILES string of the molecule is CCCNC(=S)NC[C@@H](c1ccc(OCC)c(OC)c1)c1c[nH]c2ccccc12. The van der Waals surface area contributed by atoms with Crippen molar-refractivity contribution in [1.82, 2.24) is 15.6 Å². The molecular formula is C23H29N3O2S. The third-order valence-corrected chi connectivity index (χ3v) is 5.18. The second-order valence-corrected chi connectivity index (χ2v) is 7.23. The average Bonchev–Trinajstić information content (AvgIpc) is 3.17. The van der Waals surface area contributed by atoms with Crippen molar-refractivity contribution in [3.63, 3.8) is 0 Å². The number of nitrogens with one attached hydrogen (secondary N) is 3. The molecule has 0 bridgehead atoms. The maximum atomic E-state index is 5.69. The molecule has 1 heterocycles. The maximum absolute atomic E-state index is 5.69. The van der Waals surface area contributed by atoms with Crippen LogP contribution in [0.3, 0.4) is 0 Å². The van der Waals surface area contributed by atoms with Crippen LogP contribution in [0.5, 0.6) is 11.5 Å². The highest BCUT2D eigenvalue weighted by Gasteiger charge is 2.20. The third kappa shape index (κ3) is 5.01. The molecule has 0 amide bonds. The number of hydrogen-bond acceptors (Lipinski definition) is 3. The van der Waals surface area contributed by atoms with Gasteiger partial charge in [-0.25, -0.2) is 0 Å². The minimum Gasteiger partial charge on any atom is -0.493 e. The van der Waals surface area contributed by atoms with Crippen LogP contribution < -0.4 is 20.1 Å². The number of hydrogen-bond donors (Lipinski definition) is 3. The van der Waals surface area contributed by atoms with E-state index >= 15 is 0 Å². The summed E-state index contributed by atoms with van der Waals surface area (Å²) in [5.74, 6) is 1.59. The Kier molecular flexibility index (Phi) is 7.36. The summed E-state index contributed by atoms with van der Waals surface area (Å²) >= 11 is 5.44. The zero-order valence-electron chi connectivity index (χ0n) is 17.2. The molecule has 154 valence electrons. The second kappa shape index (κ2) is 10.2. The highest BCUT2D eigenvalue weighted by atomic mass is 32.1. The number of ether oxygens (including phenoxy) is 2. The number of aromatic nitrogens is 1. The number of para-hydroxylation sites is 1. The fourth-order valence-corrected chi connectivity index (χ4v) is 3.65. The van der Waals surface area contributed by atoms with Gasteiger partial charge in [0, 0.05) is 36.1 Å². The van der Waals surface area contributed by atoms with E-state index in [4.69, 9.17) is 21.7 Å². The van der Waals surface area contributed by atoms with Gasteiger partial charge in [0.2, 0.25) is 0 Å². The monoisotopic (exact) mass is 411 g/mol. The van der Waals surface area contributed by atoms with Gasteiger partial charge < -0.3 is 25.1 Å². The van der Waals surface area contributed by atoms with Crippen LogP contribution in [0.4, 0.5) is 0 Å². The molecule has 6 heteroatoms. The first-order chi connectivity index (χ1) is 14.2. The highest BCUT2D eigenvalue weighted by Crippen LogP contribution is 2.35. The normalized spacial score (nSPS) is 11.8. The summed E-state index contributed by atoms with van der Waals surface area (Å²) < 4.78 is 11.3. The van der Waals surface area contributed by atoms with Crippen molar-refractivity contribution in [3.05, 3.63) is 59.8 Å². The Bertz CT molecular complexity index is 954. The van der Waals surface area contributed by atoms with Crippen molar-refractivity contribution in [3.8, 4) is 11.5 Å². The Labute approximate surface area is 177 Å². The molecule has 1 atom stereocenters. The van der Waals surface area contributed by atoms with Crippen molar-refractivity contribution < 1.29 is 9.47 Å². The summed E-state index contributed by atoms with van der Waals surface area (Å²) in [4.78, 5) is 3.39. The van der Waals surface area contributed by atoms with Crippen molar-refractivity contribution in [2.75, 3.05) is 26.8 Å². The summed E-state index contributed by atoms with van der Waals surface area (Å²) in [6.45, 7) is 6.22. The van der Waals surface area contributed by atoms with Crippen LogP contribution >= 0.6 is 12.2 Å². The van der Waals surface area contributed by atoms with Crippen LogP contribution in [0, 0.1) is 0 Å². The molecule has 0 fully saturated rings. The topological polar surface area (TPSA) is 58.3 Å². The van der Waals surface area contributed by atoms with E-state index in [1.165, 1.54) is 10.9 Å². The predicted molar refractivity (Wildman–Crippen MR) is 123 cm³/mol. The lowest BCUT2D eigenvalue weighted by Crippen LogP contribution is -2.38. The van der Waals surface area contributed by atoms with E-state index in [1.807, 2.05) is 19.1 Å². The minimum absolute atomic E-state index is 0.0945. The molecule has 2 aromatic carbocycles. The molecule has 0 radical (unpaired) electrons. The van der Waals surface area contributed by atoms with Gasteiger partial charge in [0.05, 0.1) is 13.7 Å². The first-order valence-corrected chi connectivity index (χ1v) is 10.5. The van der Waals surface area contributed by atoms with E-state index in [0.717, 1.165) is 35.5 Å². The highest BCUT2D eigenvalue weighted by molar-refractivity contribution is 7.80. The molecule has 3 rings (SSSR count). The number of rotatable bonds is 9. The number of benzene rings is 2. The summed E-state index contributed by atoms with van der Waals surface area (Å²) in [5, 5.41) is 8.50. The van der Waals surface area contributed by atoms with Crippen LogP contribution in [-0.4, -0.2) is 36.9 Å². The number of thiocarbonyl (C=S) groups is 1. The van der Waals surface area contributed by atoms with Gasteiger partial charge >= 0.3 is 0 Å². The molecule has 0 saturated heterocycles. The molecule has 5 nitrogen and oxygen atoms in total. The van der Waals surface area contributed by atoms with E-state index in [-0.39, 0.29) is 5.92 Å². The van der Waals surface area contributed by atoms with Gasteiger partial charge in [0.1, 0.15) is 0 Å². The lowest BCUT2D eigenvalue weighted by atomic mass is 9.90. The molecule has 29 heavy (non-hydrogen) atoms. The third-order valence-electron chi connectivity index (χ3n) is 4.89. The Balaban J connectivity index is 1.95. The van der Waals surface area contributed by atoms with Gasteiger partial charge in [-0.3, -0.25) is 0 Å². The molecule has 0 unspecified atom stereocenters. The Hall–Kier alpha value is -2.73. The lowest BCUT2D eigenvalue weighted by molar-refractivity contribution is 0.310. The first kappa shape index (κ1) is 21.0. The number of fused-ring (bicyclic) bond motifs is 1. The summed E-state index contributed by atoms with van der Waals surface area (Å²) in [7, 11) is 1.67. The van der Waals surface area contributed by atoms with E-state index in [1.54, 1.807) is 7.11 Å². The van der Waals surface area contributed by atoms with Crippen molar-refractivity contribution >= 4 is 28.2 Å². The van der Waals surface area contributed by atoms with E-state index < -0.39 is 0 Å². The summed E-state index contributed by atoms with van der Waals surface area (Å²) in [5.41, 5.74) is 3.48. The summed E-state index contributed by atoms with van der Waals surface area (Å²) in [6.07, 6.45) is 3.12. The van der Waals surface area contributed by atoms with E-state index in [9.17, 15) is 0 Å². The molecule has 0 saturated carbocycles. The summed E-state index contributed by atoms with van der Waals surface area (Å²) in [6, 6.07) is 14.5. The quantitative estimate of drug-likeness (QED) is 0.450. The molecule has 0 aliphatic rings. The van der Waals surface area contributed by atoms with Crippen LogP contribution in [0.25, 0.3) is 10.9 Å². The van der Waals surface area contributed by atoms with Crippen LogP contribution in [-0.2, 0) is 0 Å². The second-order valence-electron chi connectivity index (χ2n) is 6.82. The predicted octanol–water partition coefficient (Wildman–Crippen LogP) is 4.58. The number of H-pyrrole nitrogens is 1. The molecule has 0 aliphatic heterocycles. The van der Waals surface area contributed by atoms with E-state index in [2.05, 4.69) is 59.1 Å². The van der Waals surface area contributed by atoms with Gasteiger partial charge in [0.25, 0.3) is 0 Å². The minimum atomic E-state index is 0.0945. The van der Waals surface area contributed by atoms with Gasteiger partial charge in [-0.1, -0.05) is 31.2 Å². The van der Waals surface area contributed by atoms with Crippen LogP contribution in [0.1, 0.15) is 37.3 Å². The molecule has 0 spiro atoms. The fraction of sp³-hybridized carbons (Fsp3) is 0.348. The van der Waals surface area contributed by atoms with Crippen LogP contribution in [0.15, 0.2) is 48.7 Å². The maximum Gasteiger partial charge on any atom is 0.166 e. The number of methoxy groups -OCH3 is 1. The van der Waals surface area contributed by atoms with Crippen molar-refractivity contribution in [2.24, 2.45) is 0 Å². The zero-order valence-corrected chi connectivity index (χ0v) is 18.1. The van der Waals surface area contributed by atoms with Gasteiger partial charge in [-0.05, 0) is 54.9 Å². The molecule has 0 aliphatic carbocycles. The Morgan fingerprint density at radius 3 is 2.69 bits per heavy atom.